The van der Waals surface area contributed by atoms with Crippen LogP contribution in [-0.4, -0.2) is 11.5 Å². The zero-order valence-electron chi connectivity index (χ0n) is 10.5. The second kappa shape index (κ2) is 5.76. The van der Waals surface area contributed by atoms with E-state index in [4.69, 9.17) is 0 Å². The normalized spacial score (nSPS) is 12.9. The van der Waals surface area contributed by atoms with Gasteiger partial charge in [0.2, 0.25) is 0 Å². The van der Waals surface area contributed by atoms with Crippen molar-refractivity contribution in [2.24, 2.45) is 0 Å². The second-order valence-electron chi connectivity index (χ2n) is 4.18. The van der Waals surface area contributed by atoms with E-state index in [0.717, 1.165) is 11.6 Å². The van der Waals surface area contributed by atoms with Crippen molar-refractivity contribution >= 4 is 22.7 Å². The van der Waals surface area contributed by atoms with Gasteiger partial charge in [0.05, 0.1) is 4.88 Å². The zero-order valence-corrected chi connectivity index (χ0v) is 12.1. The number of rotatable bonds is 5. The molecular formula is C13H18N2S2. The van der Waals surface area contributed by atoms with Crippen LogP contribution >= 0.6 is 22.7 Å². The first-order valence-corrected chi connectivity index (χ1v) is 7.65. The molecule has 2 rings (SSSR count). The summed E-state index contributed by atoms with van der Waals surface area (Å²) >= 11 is 3.57. The molecule has 0 fully saturated rings. The van der Waals surface area contributed by atoms with Crippen molar-refractivity contribution in [2.45, 2.75) is 33.2 Å². The number of nitrogens with one attached hydrogen (secondary N) is 1. The van der Waals surface area contributed by atoms with Gasteiger partial charge in [-0.05, 0) is 43.8 Å². The molecule has 0 aliphatic rings. The highest BCUT2D eigenvalue weighted by atomic mass is 32.1. The van der Waals surface area contributed by atoms with Crippen LogP contribution in [0.1, 0.15) is 36.8 Å². The summed E-state index contributed by atoms with van der Waals surface area (Å²) in [5.74, 6) is 0. The van der Waals surface area contributed by atoms with Crippen molar-refractivity contribution in [1.82, 2.24) is 10.3 Å². The van der Waals surface area contributed by atoms with Crippen molar-refractivity contribution in [3.8, 4) is 9.88 Å². The lowest BCUT2D eigenvalue weighted by Gasteiger charge is -2.09. The number of nitrogens with zero attached hydrogens (tertiary/aromatic N) is 1. The maximum absolute atomic E-state index is 4.54. The smallest absolute Gasteiger partial charge is 0.133 e. The van der Waals surface area contributed by atoms with Gasteiger partial charge in [-0.15, -0.1) is 22.7 Å². The summed E-state index contributed by atoms with van der Waals surface area (Å²) in [6, 6.07) is 2.56. The van der Waals surface area contributed by atoms with Gasteiger partial charge in [-0.25, -0.2) is 4.98 Å². The largest absolute Gasteiger partial charge is 0.309 e. The fourth-order valence-corrected chi connectivity index (χ4v) is 3.68. The number of aromatic nitrogens is 1. The maximum atomic E-state index is 4.54. The van der Waals surface area contributed by atoms with Gasteiger partial charge in [0, 0.05) is 17.1 Å². The zero-order chi connectivity index (χ0) is 12.3. The molecule has 1 atom stereocenters. The molecule has 0 aliphatic heterocycles. The molecule has 2 nitrogen and oxygen atoms in total. The first-order valence-electron chi connectivity index (χ1n) is 5.96. The lowest BCUT2D eigenvalue weighted by Crippen LogP contribution is -2.18. The summed E-state index contributed by atoms with van der Waals surface area (Å²) in [7, 11) is 0. The van der Waals surface area contributed by atoms with Crippen molar-refractivity contribution in [3.63, 3.8) is 0 Å². The molecule has 2 aromatic heterocycles. The number of thiazole rings is 1. The van der Waals surface area contributed by atoms with Crippen LogP contribution in [0.5, 0.6) is 0 Å². The Morgan fingerprint density at radius 3 is 2.94 bits per heavy atom. The Kier molecular flexibility index (Phi) is 4.31. The summed E-state index contributed by atoms with van der Waals surface area (Å²) in [4.78, 5) is 7.17. The fourth-order valence-electron chi connectivity index (χ4n) is 1.65. The van der Waals surface area contributed by atoms with Crippen LogP contribution in [0.25, 0.3) is 9.88 Å². The van der Waals surface area contributed by atoms with E-state index in [1.54, 1.807) is 22.7 Å². The van der Waals surface area contributed by atoms with Crippen LogP contribution in [0.3, 0.4) is 0 Å². The summed E-state index contributed by atoms with van der Waals surface area (Å²) < 4.78 is 0. The van der Waals surface area contributed by atoms with Gasteiger partial charge in [0.25, 0.3) is 0 Å². The highest BCUT2D eigenvalue weighted by Gasteiger charge is 2.12. The molecule has 2 aromatic rings. The first-order chi connectivity index (χ1) is 8.22. The third kappa shape index (κ3) is 2.94. The Labute approximate surface area is 111 Å². The molecule has 0 saturated heterocycles. The summed E-state index contributed by atoms with van der Waals surface area (Å²) in [5, 5.41) is 6.78. The number of hydrogen-bond acceptors (Lipinski definition) is 4. The van der Waals surface area contributed by atoms with Crippen LogP contribution in [-0.2, 0) is 0 Å². The summed E-state index contributed by atoms with van der Waals surface area (Å²) in [6.07, 6.45) is 3.17. The first kappa shape index (κ1) is 12.7. The Morgan fingerprint density at radius 1 is 1.47 bits per heavy atom. The van der Waals surface area contributed by atoms with Gasteiger partial charge >= 0.3 is 0 Å². The van der Waals surface area contributed by atoms with Gasteiger partial charge in [-0.2, -0.15) is 0 Å². The highest BCUT2D eigenvalue weighted by Crippen LogP contribution is 2.34. The third-order valence-electron chi connectivity index (χ3n) is 2.71. The average Bonchev–Trinajstić information content (AvgIpc) is 2.93. The van der Waals surface area contributed by atoms with Gasteiger partial charge in [0.1, 0.15) is 5.01 Å². The van der Waals surface area contributed by atoms with Crippen LogP contribution < -0.4 is 5.32 Å². The van der Waals surface area contributed by atoms with E-state index in [1.165, 1.54) is 21.7 Å². The van der Waals surface area contributed by atoms with E-state index < -0.39 is 0 Å². The molecule has 0 radical (unpaired) electrons. The minimum absolute atomic E-state index is 0.404. The highest BCUT2D eigenvalue weighted by molar-refractivity contribution is 7.21. The lowest BCUT2D eigenvalue weighted by molar-refractivity contribution is 0.577. The minimum atomic E-state index is 0.404. The molecule has 92 valence electrons. The average molecular weight is 266 g/mol. The molecule has 0 saturated carbocycles. The second-order valence-corrected chi connectivity index (χ2v) is 6.15. The van der Waals surface area contributed by atoms with E-state index >= 15 is 0 Å². The molecule has 1 unspecified atom stereocenters. The predicted molar refractivity (Wildman–Crippen MR) is 76.9 cm³/mol. The Balaban J connectivity index is 2.13. The number of hydrogen-bond donors (Lipinski definition) is 1. The summed E-state index contributed by atoms with van der Waals surface area (Å²) in [6.45, 7) is 7.60. The van der Waals surface area contributed by atoms with Gasteiger partial charge in [-0.1, -0.05) is 6.92 Å². The molecule has 17 heavy (non-hydrogen) atoms. The van der Waals surface area contributed by atoms with Gasteiger partial charge in [-0.3, -0.25) is 0 Å². The quantitative estimate of drug-likeness (QED) is 0.875. The molecule has 0 aliphatic carbocycles. The van der Waals surface area contributed by atoms with Crippen LogP contribution in [0.2, 0.25) is 0 Å². The Hall–Kier alpha value is -0.710. The molecule has 0 spiro atoms. The predicted octanol–water partition coefficient (Wildman–Crippen LogP) is 4.24. The Morgan fingerprint density at radius 2 is 2.29 bits per heavy atom. The van der Waals surface area contributed by atoms with Crippen molar-refractivity contribution in [1.29, 1.82) is 0 Å². The molecule has 0 aromatic carbocycles. The maximum Gasteiger partial charge on any atom is 0.133 e. The molecule has 0 bridgehead atoms. The topological polar surface area (TPSA) is 24.9 Å². The van der Waals surface area contributed by atoms with E-state index in [9.17, 15) is 0 Å². The minimum Gasteiger partial charge on any atom is -0.309 e. The van der Waals surface area contributed by atoms with Crippen molar-refractivity contribution in [2.75, 3.05) is 6.54 Å². The van der Waals surface area contributed by atoms with Crippen LogP contribution in [0, 0.1) is 6.92 Å². The summed E-state index contributed by atoms with van der Waals surface area (Å²) in [5.41, 5.74) is 1.32. The van der Waals surface area contributed by atoms with Gasteiger partial charge < -0.3 is 5.32 Å². The van der Waals surface area contributed by atoms with E-state index in [2.05, 4.69) is 42.5 Å². The molecule has 0 amide bonds. The van der Waals surface area contributed by atoms with E-state index in [-0.39, 0.29) is 0 Å². The fraction of sp³-hybridized carbons (Fsp3) is 0.462. The van der Waals surface area contributed by atoms with Gasteiger partial charge in [0.15, 0.2) is 0 Å². The molecule has 1 N–H and O–H groups in total. The monoisotopic (exact) mass is 266 g/mol. The lowest BCUT2D eigenvalue weighted by atomic mass is 10.3. The van der Waals surface area contributed by atoms with Crippen molar-refractivity contribution in [3.05, 3.63) is 28.1 Å². The standard InChI is InChI=1S/C13H18N2S2/c1-4-6-14-10(3)11-8-15-13(17-11)12-9(2)5-7-16-12/h5,7-8,10,14H,4,6H2,1-3H3. The SMILES string of the molecule is CCCNC(C)c1cnc(-c2sccc2C)s1. The van der Waals surface area contributed by atoms with E-state index in [1.807, 2.05) is 6.20 Å². The third-order valence-corrected chi connectivity index (χ3v) is 5.06. The van der Waals surface area contributed by atoms with Crippen LogP contribution in [0.15, 0.2) is 17.6 Å². The van der Waals surface area contributed by atoms with Crippen LogP contribution in [0.4, 0.5) is 0 Å². The molecular weight excluding hydrogens is 248 g/mol. The number of aryl methyl sites for hydroxylation is 1. The number of thiophene rings is 1. The molecule has 4 heteroatoms. The Bertz CT molecular complexity index is 473. The van der Waals surface area contributed by atoms with Crippen molar-refractivity contribution < 1.29 is 0 Å². The van der Waals surface area contributed by atoms with E-state index in [0.29, 0.717) is 6.04 Å². The molecule has 2 heterocycles.